The molecule has 1 amide bonds. The number of hydrogen-bond donors (Lipinski definition) is 4. The van der Waals surface area contributed by atoms with Gasteiger partial charge in [-0.3, -0.25) is 19.8 Å². The van der Waals surface area contributed by atoms with Gasteiger partial charge in [0.05, 0.1) is 25.1 Å². The maximum Gasteiger partial charge on any atom is 0.330 e. The number of benzene rings is 2. The smallest absolute Gasteiger partial charge is 0.330 e. The fraction of sp³-hybridized carbons (Fsp3) is 0.345. The molecule has 0 unspecified atom stereocenters. The van der Waals surface area contributed by atoms with Crippen LogP contribution in [0.2, 0.25) is 0 Å². The van der Waals surface area contributed by atoms with E-state index in [2.05, 4.69) is 22.9 Å². The number of fused-ring (bicyclic) bond motifs is 3. The summed E-state index contributed by atoms with van der Waals surface area (Å²) < 4.78 is 14.7. The van der Waals surface area contributed by atoms with Crippen LogP contribution in [0.3, 0.4) is 0 Å². The number of halogens is 1. The highest BCUT2D eigenvalue weighted by atomic mass is 35.5. The van der Waals surface area contributed by atoms with Gasteiger partial charge in [0, 0.05) is 31.3 Å². The van der Waals surface area contributed by atoms with Crippen molar-refractivity contribution in [3.63, 3.8) is 0 Å². The van der Waals surface area contributed by atoms with E-state index < -0.39 is 5.91 Å². The number of rotatable bonds is 9. The quantitative estimate of drug-likeness (QED) is 0.131. The van der Waals surface area contributed by atoms with Crippen LogP contribution in [0.1, 0.15) is 29.2 Å². The maximum atomic E-state index is 14.0. The summed E-state index contributed by atoms with van der Waals surface area (Å²) in [7, 11) is 1.59. The van der Waals surface area contributed by atoms with Crippen LogP contribution in [0, 0.1) is 20.8 Å². The first-order valence-corrected chi connectivity index (χ1v) is 13.7. The Kier molecular flexibility index (Phi) is 9.09. The molecule has 12 heteroatoms. The van der Waals surface area contributed by atoms with Crippen LogP contribution >= 0.6 is 11.6 Å². The van der Waals surface area contributed by atoms with Gasteiger partial charge in [-0.2, -0.15) is 0 Å². The molecule has 1 aromatic heterocycles. The SMILES string of the molecule is CCOc1cc2c(cc1OC)-c1c/c(=N\c3c(C)cc(C)cc3C)n(CCNC(=O)/C(NN)=C(/N)Cl)c(=O)n1CC2. The van der Waals surface area contributed by atoms with Crippen molar-refractivity contribution in [3.05, 3.63) is 79.4 Å². The summed E-state index contributed by atoms with van der Waals surface area (Å²) in [6, 6.07) is 9.91. The third-order valence-corrected chi connectivity index (χ3v) is 7.15. The van der Waals surface area contributed by atoms with Gasteiger partial charge in [-0.15, -0.1) is 0 Å². The van der Waals surface area contributed by atoms with Crippen LogP contribution in [0.15, 0.2) is 51.0 Å². The van der Waals surface area contributed by atoms with Crippen molar-refractivity contribution in [2.45, 2.75) is 47.2 Å². The predicted octanol–water partition coefficient (Wildman–Crippen LogP) is 2.38. The largest absolute Gasteiger partial charge is 0.493 e. The zero-order valence-electron chi connectivity index (χ0n) is 23.9. The Morgan fingerprint density at radius 1 is 1.12 bits per heavy atom. The Morgan fingerprint density at radius 2 is 1.83 bits per heavy atom. The highest BCUT2D eigenvalue weighted by Gasteiger charge is 2.23. The van der Waals surface area contributed by atoms with Crippen LogP contribution in [0.25, 0.3) is 11.3 Å². The molecule has 4 rings (SSSR count). The number of carbonyl (C=O) groups is 1. The van der Waals surface area contributed by atoms with Crippen LogP contribution in [0.5, 0.6) is 11.5 Å². The summed E-state index contributed by atoms with van der Waals surface area (Å²) in [5, 5.41) is 2.43. The van der Waals surface area contributed by atoms with Gasteiger partial charge in [-0.25, -0.2) is 9.79 Å². The summed E-state index contributed by atoms with van der Waals surface area (Å²) in [4.78, 5) is 31.4. The van der Waals surface area contributed by atoms with E-state index in [9.17, 15) is 9.59 Å². The Bertz CT molecular complexity index is 1630. The van der Waals surface area contributed by atoms with E-state index in [-0.39, 0.29) is 29.6 Å². The van der Waals surface area contributed by atoms with Crippen molar-refractivity contribution >= 4 is 23.2 Å². The normalized spacial score (nSPS) is 13.2. The van der Waals surface area contributed by atoms with Crippen molar-refractivity contribution in [3.8, 4) is 22.8 Å². The average Bonchev–Trinajstić information content (AvgIpc) is 2.92. The molecule has 11 nitrogen and oxygen atoms in total. The molecule has 3 aromatic rings. The second-order valence-electron chi connectivity index (χ2n) is 9.80. The molecule has 0 radical (unpaired) electrons. The van der Waals surface area contributed by atoms with Gasteiger partial charge in [-0.05, 0) is 62.9 Å². The lowest BCUT2D eigenvalue weighted by Crippen LogP contribution is -2.45. The van der Waals surface area contributed by atoms with Gasteiger partial charge >= 0.3 is 5.69 Å². The lowest BCUT2D eigenvalue weighted by atomic mass is 9.97. The highest BCUT2D eigenvalue weighted by molar-refractivity contribution is 6.31. The summed E-state index contributed by atoms with van der Waals surface area (Å²) in [6.07, 6.45) is 0.640. The number of carbonyl (C=O) groups excluding carboxylic acids is 1. The van der Waals surface area contributed by atoms with E-state index in [1.807, 2.05) is 45.9 Å². The highest BCUT2D eigenvalue weighted by Crippen LogP contribution is 2.37. The fourth-order valence-corrected chi connectivity index (χ4v) is 5.29. The molecule has 0 saturated carbocycles. The van der Waals surface area contributed by atoms with Gasteiger partial charge in [0.15, 0.2) is 11.5 Å². The standard InChI is InChI=1S/C29H36ClN7O4/c1-6-41-23-13-19-7-9-36-21(20(19)14-22(23)40-5)15-24(34-25-17(3)11-16(2)12-18(25)4)37(29(36)39)10-8-33-28(38)26(35-32)27(30)31/h11-15,35H,6-10,31-32H2,1-5H3,(H,33,38)/b27-26-,34-24+. The number of aryl methyl sites for hydroxylation is 4. The number of nitrogens with one attached hydrogen (secondary N) is 2. The number of methoxy groups -OCH3 is 1. The van der Waals surface area contributed by atoms with Crippen LogP contribution in [-0.2, 0) is 24.3 Å². The number of aromatic nitrogens is 2. The number of ether oxygens (including phenoxy) is 2. The molecule has 0 aliphatic carbocycles. The monoisotopic (exact) mass is 581 g/mol. The Morgan fingerprint density at radius 3 is 2.44 bits per heavy atom. The summed E-state index contributed by atoms with van der Waals surface area (Å²) in [5.74, 6) is 6.03. The first-order valence-electron chi connectivity index (χ1n) is 13.3. The zero-order chi connectivity index (χ0) is 29.8. The Balaban J connectivity index is 1.88. The van der Waals surface area contributed by atoms with Gasteiger partial charge in [-0.1, -0.05) is 29.3 Å². The molecule has 0 spiro atoms. The first-order chi connectivity index (χ1) is 19.6. The van der Waals surface area contributed by atoms with Crippen molar-refractivity contribution in [2.24, 2.45) is 16.6 Å². The molecule has 41 heavy (non-hydrogen) atoms. The number of nitrogens with zero attached hydrogens (tertiary/aromatic N) is 3. The van der Waals surface area contributed by atoms with E-state index in [1.54, 1.807) is 16.2 Å². The molecule has 2 heterocycles. The van der Waals surface area contributed by atoms with Gasteiger partial charge in [0.2, 0.25) is 0 Å². The molecule has 0 saturated heterocycles. The van der Waals surface area contributed by atoms with Crippen LogP contribution in [0.4, 0.5) is 5.69 Å². The minimum Gasteiger partial charge on any atom is -0.493 e. The molecule has 218 valence electrons. The molecule has 2 aromatic carbocycles. The lowest BCUT2D eigenvalue weighted by molar-refractivity contribution is -0.117. The molecule has 6 N–H and O–H groups in total. The predicted molar refractivity (Wildman–Crippen MR) is 159 cm³/mol. The molecule has 0 bridgehead atoms. The third kappa shape index (κ3) is 6.10. The Hall–Kier alpha value is -4.22. The number of hydrazine groups is 1. The molecule has 1 aliphatic rings. The number of amides is 1. The van der Waals surface area contributed by atoms with Crippen molar-refractivity contribution in [1.29, 1.82) is 0 Å². The number of hydrogen-bond acceptors (Lipinski definition) is 8. The Labute approximate surface area is 243 Å². The minimum absolute atomic E-state index is 0.101. The second-order valence-corrected chi connectivity index (χ2v) is 10.2. The van der Waals surface area contributed by atoms with Crippen LogP contribution < -0.4 is 43.0 Å². The summed E-state index contributed by atoms with van der Waals surface area (Å²) in [5.41, 5.74) is 14.3. The number of nitrogens with two attached hydrogens (primary N) is 2. The minimum atomic E-state index is -0.589. The lowest BCUT2D eigenvalue weighted by Gasteiger charge is -2.25. The van der Waals surface area contributed by atoms with Crippen molar-refractivity contribution < 1.29 is 14.3 Å². The molecular weight excluding hydrogens is 546 g/mol. The average molecular weight is 582 g/mol. The summed E-state index contributed by atoms with van der Waals surface area (Å²) in [6.45, 7) is 9.17. The van der Waals surface area contributed by atoms with E-state index in [1.165, 1.54) is 0 Å². The van der Waals surface area contributed by atoms with Crippen molar-refractivity contribution in [1.82, 2.24) is 19.9 Å². The van der Waals surface area contributed by atoms with Gasteiger partial charge in [0.1, 0.15) is 16.3 Å². The molecule has 1 aliphatic heterocycles. The topological polar surface area (TPSA) is 151 Å². The zero-order valence-corrected chi connectivity index (χ0v) is 24.7. The molecular formula is C29H36ClN7O4. The third-order valence-electron chi connectivity index (χ3n) is 6.96. The van der Waals surface area contributed by atoms with E-state index in [4.69, 9.17) is 37.6 Å². The molecule has 0 atom stereocenters. The second kappa shape index (κ2) is 12.5. The maximum absolute atomic E-state index is 14.0. The van der Waals surface area contributed by atoms with E-state index >= 15 is 0 Å². The van der Waals surface area contributed by atoms with Gasteiger partial charge < -0.3 is 25.9 Å². The van der Waals surface area contributed by atoms with Crippen molar-refractivity contribution in [2.75, 3.05) is 20.3 Å². The van der Waals surface area contributed by atoms with E-state index in [0.29, 0.717) is 36.6 Å². The van der Waals surface area contributed by atoms with Gasteiger partial charge in [0.25, 0.3) is 5.91 Å². The first kappa shape index (κ1) is 29.8. The van der Waals surface area contributed by atoms with Crippen LogP contribution in [-0.4, -0.2) is 35.3 Å². The fourth-order valence-electron chi connectivity index (χ4n) is 5.15. The summed E-state index contributed by atoms with van der Waals surface area (Å²) >= 11 is 5.75. The van der Waals surface area contributed by atoms with E-state index in [0.717, 1.165) is 39.2 Å². The molecule has 0 fully saturated rings.